The van der Waals surface area contributed by atoms with E-state index in [4.69, 9.17) is 21.1 Å². The topological polar surface area (TPSA) is 99.5 Å². The number of aromatic hydroxyl groups is 1. The fourth-order valence-electron chi connectivity index (χ4n) is 4.29. The van der Waals surface area contributed by atoms with Gasteiger partial charge >= 0.3 is 0 Å². The molecule has 0 bridgehead atoms. The summed E-state index contributed by atoms with van der Waals surface area (Å²) in [4.78, 5) is 30.1. The maximum Gasteiger partial charge on any atom is 0.295 e. The molecular formula is C27H33ClN2O6. The summed E-state index contributed by atoms with van der Waals surface area (Å²) in [6.07, 6.45) is 0. The fourth-order valence-corrected chi connectivity index (χ4v) is 4.46. The average molecular weight is 517 g/mol. The normalized spacial score (nSPS) is 17.2. The molecule has 1 aliphatic heterocycles. The number of rotatable bonds is 11. The number of hydrogen-bond donors (Lipinski definition) is 2. The monoisotopic (exact) mass is 516 g/mol. The highest BCUT2D eigenvalue weighted by atomic mass is 35.5. The molecule has 0 saturated carbocycles. The van der Waals surface area contributed by atoms with Gasteiger partial charge in [-0.25, -0.2) is 0 Å². The second-order valence-corrected chi connectivity index (χ2v) is 8.66. The number of carbonyl (C=O) groups excluding carboxylic acids is 2. The number of likely N-dealkylation sites (N-methyl/N-ethyl adjacent to an activating group) is 1. The van der Waals surface area contributed by atoms with Crippen LogP contribution in [-0.2, 0) is 9.59 Å². The van der Waals surface area contributed by atoms with Crippen LogP contribution in [0.5, 0.6) is 17.2 Å². The quantitative estimate of drug-likeness (QED) is 0.255. The third kappa shape index (κ3) is 5.60. The highest BCUT2D eigenvalue weighted by Crippen LogP contribution is 2.42. The molecule has 2 N–H and O–H groups in total. The average Bonchev–Trinajstić information content (AvgIpc) is 3.12. The van der Waals surface area contributed by atoms with Crippen molar-refractivity contribution in [1.82, 2.24) is 9.80 Å². The number of phenolic OH excluding ortho intramolecular Hbond substituents is 1. The van der Waals surface area contributed by atoms with Gasteiger partial charge in [0, 0.05) is 18.7 Å². The molecule has 0 radical (unpaired) electrons. The smallest absolute Gasteiger partial charge is 0.295 e. The predicted octanol–water partition coefficient (Wildman–Crippen LogP) is 4.61. The second kappa shape index (κ2) is 12.1. The van der Waals surface area contributed by atoms with Gasteiger partial charge in [0.15, 0.2) is 11.5 Å². The van der Waals surface area contributed by atoms with E-state index < -0.39 is 17.7 Å². The fraction of sp³-hybridized carbons (Fsp3) is 0.407. The molecule has 2 aromatic carbocycles. The Bertz CT molecular complexity index is 1150. The number of Topliss-reactive ketones (excluding diaryl/α,β-unsaturated/α-hetero) is 1. The van der Waals surface area contributed by atoms with Crippen molar-refractivity contribution in [1.29, 1.82) is 0 Å². The molecule has 1 unspecified atom stereocenters. The molecule has 36 heavy (non-hydrogen) atoms. The summed E-state index contributed by atoms with van der Waals surface area (Å²) in [5.74, 6) is -1.27. The Labute approximate surface area is 216 Å². The highest BCUT2D eigenvalue weighted by molar-refractivity contribution is 6.46. The number of carbonyl (C=O) groups is 2. The van der Waals surface area contributed by atoms with E-state index in [0.717, 1.165) is 13.1 Å². The molecule has 1 fully saturated rings. The van der Waals surface area contributed by atoms with Crippen molar-refractivity contribution in [2.75, 3.05) is 39.4 Å². The number of halogens is 1. The molecule has 1 heterocycles. The standard InChI is InChI=1S/C27H33ClN2O6/c1-5-29(6-2)13-14-30-24(17-10-12-20(31)22(15-17)36-8-4)23(26(33)27(30)34)25(32)18-9-11-19(28)21(16-18)35-7-3/h9-12,15-16,24,31-32H,5-8,13-14H2,1-4H3/b25-23-. The van der Waals surface area contributed by atoms with Crippen LogP contribution in [0.25, 0.3) is 5.76 Å². The summed E-state index contributed by atoms with van der Waals surface area (Å²) < 4.78 is 11.1. The first-order chi connectivity index (χ1) is 17.3. The van der Waals surface area contributed by atoms with E-state index in [-0.39, 0.29) is 29.4 Å². The SMILES string of the molecule is CCOc1cc(C2/C(=C(/O)c3ccc(Cl)c(OCC)c3)C(=O)C(=O)N2CCN(CC)CC)ccc1O. The Morgan fingerprint density at radius 1 is 1.00 bits per heavy atom. The molecule has 2 aromatic rings. The van der Waals surface area contributed by atoms with Crippen molar-refractivity contribution in [2.45, 2.75) is 33.7 Å². The number of likely N-dealkylation sites (tertiary alicyclic amines) is 1. The van der Waals surface area contributed by atoms with Gasteiger partial charge in [-0.05, 0) is 62.8 Å². The van der Waals surface area contributed by atoms with E-state index >= 15 is 0 Å². The lowest BCUT2D eigenvalue weighted by atomic mass is 9.95. The van der Waals surface area contributed by atoms with Crippen molar-refractivity contribution < 1.29 is 29.3 Å². The van der Waals surface area contributed by atoms with Gasteiger partial charge in [0.25, 0.3) is 11.7 Å². The number of ether oxygens (including phenoxy) is 2. The lowest BCUT2D eigenvalue weighted by molar-refractivity contribution is -0.140. The van der Waals surface area contributed by atoms with Crippen LogP contribution >= 0.6 is 11.6 Å². The number of aliphatic hydroxyl groups is 1. The van der Waals surface area contributed by atoms with Gasteiger partial charge in [0.1, 0.15) is 11.5 Å². The zero-order valence-electron chi connectivity index (χ0n) is 21.1. The van der Waals surface area contributed by atoms with Crippen molar-refractivity contribution in [3.05, 3.63) is 58.1 Å². The van der Waals surface area contributed by atoms with Crippen LogP contribution in [0.1, 0.15) is 44.9 Å². The molecule has 9 heteroatoms. The predicted molar refractivity (Wildman–Crippen MR) is 139 cm³/mol. The maximum atomic E-state index is 13.3. The van der Waals surface area contributed by atoms with E-state index in [2.05, 4.69) is 4.90 Å². The molecule has 1 atom stereocenters. The number of hydrogen-bond acceptors (Lipinski definition) is 7. The maximum absolute atomic E-state index is 13.3. The second-order valence-electron chi connectivity index (χ2n) is 8.26. The molecule has 1 aliphatic rings. The van der Waals surface area contributed by atoms with Gasteiger partial charge in [0.2, 0.25) is 0 Å². The molecule has 1 saturated heterocycles. The molecule has 0 aromatic heterocycles. The van der Waals surface area contributed by atoms with E-state index in [1.165, 1.54) is 11.0 Å². The van der Waals surface area contributed by atoms with E-state index in [1.54, 1.807) is 37.3 Å². The third-order valence-electron chi connectivity index (χ3n) is 6.20. The van der Waals surface area contributed by atoms with Crippen molar-refractivity contribution in [3.8, 4) is 17.2 Å². The summed E-state index contributed by atoms with van der Waals surface area (Å²) >= 11 is 6.20. The minimum Gasteiger partial charge on any atom is -0.507 e. The Morgan fingerprint density at radius 3 is 2.31 bits per heavy atom. The number of aliphatic hydroxyl groups excluding tert-OH is 1. The Morgan fingerprint density at radius 2 is 1.67 bits per heavy atom. The Balaban J connectivity index is 2.16. The summed E-state index contributed by atoms with van der Waals surface area (Å²) in [7, 11) is 0. The summed E-state index contributed by atoms with van der Waals surface area (Å²) in [5.41, 5.74) is 0.798. The van der Waals surface area contributed by atoms with Gasteiger partial charge in [0.05, 0.1) is 29.9 Å². The van der Waals surface area contributed by atoms with Crippen molar-refractivity contribution in [3.63, 3.8) is 0 Å². The summed E-state index contributed by atoms with van der Waals surface area (Å²) in [6, 6.07) is 8.50. The van der Waals surface area contributed by atoms with Crippen LogP contribution in [0.4, 0.5) is 0 Å². The first-order valence-electron chi connectivity index (χ1n) is 12.2. The lowest BCUT2D eigenvalue weighted by Crippen LogP contribution is -2.38. The van der Waals surface area contributed by atoms with E-state index in [9.17, 15) is 19.8 Å². The van der Waals surface area contributed by atoms with Crippen molar-refractivity contribution in [2.24, 2.45) is 0 Å². The number of nitrogens with zero attached hydrogens (tertiary/aromatic N) is 2. The third-order valence-corrected chi connectivity index (χ3v) is 6.51. The number of ketones is 1. The van der Waals surface area contributed by atoms with Gasteiger partial charge in [-0.1, -0.05) is 31.5 Å². The Hall–Kier alpha value is -3.23. The molecular weight excluding hydrogens is 484 g/mol. The zero-order valence-corrected chi connectivity index (χ0v) is 21.8. The van der Waals surface area contributed by atoms with Crippen molar-refractivity contribution >= 4 is 29.1 Å². The van der Waals surface area contributed by atoms with Crippen LogP contribution in [0.15, 0.2) is 42.0 Å². The molecule has 1 amide bonds. The van der Waals surface area contributed by atoms with Crippen LogP contribution in [-0.4, -0.2) is 71.1 Å². The molecule has 0 spiro atoms. The van der Waals surface area contributed by atoms with Gasteiger partial charge in [-0.3, -0.25) is 9.59 Å². The molecule has 0 aliphatic carbocycles. The van der Waals surface area contributed by atoms with Gasteiger partial charge in [-0.15, -0.1) is 0 Å². The van der Waals surface area contributed by atoms with E-state index in [1.807, 2.05) is 20.8 Å². The minimum atomic E-state index is -0.869. The summed E-state index contributed by atoms with van der Waals surface area (Å²) in [5, 5.41) is 21.9. The molecule has 194 valence electrons. The number of benzene rings is 2. The van der Waals surface area contributed by atoms with Crippen LogP contribution in [0, 0.1) is 0 Å². The largest absolute Gasteiger partial charge is 0.507 e. The van der Waals surface area contributed by atoms with E-state index in [0.29, 0.717) is 41.7 Å². The van der Waals surface area contributed by atoms with Crippen LogP contribution in [0.3, 0.4) is 0 Å². The number of phenols is 1. The van der Waals surface area contributed by atoms with Gasteiger partial charge < -0.3 is 29.5 Å². The number of amides is 1. The molecule has 3 rings (SSSR count). The Kier molecular flexibility index (Phi) is 9.23. The minimum absolute atomic E-state index is 0.0440. The lowest BCUT2D eigenvalue weighted by Gasteiger charge is -2.28. The summed E-state index contributed by atoms with van der Waals surface area (Å²) in [6.45, 7) is 10.8. The first-order valence-corrected chi connectivity index (χ1v) is 12.5. The van der Waals surface area contributed by atoms with Gasteiger partial charge in [-0.2, -0.15) is 0 Å². The van der Waals surface area contributed by atoms with Crippen LogP contribution < -0.4 is 9.47 Å². The first kappa shape index (κ1) is 27.4. The molecule has 8 nitrogen and oxygen atoms in total. The zero-order chi connectivity index (χ0) is 26.4. The van der Waals surface area contributed by atoms with Crippen LogP contribution in [0.2, 0.25) is 5.02 Å². The highest BCUT2D eigenvalue weighted by Gasteiger charge is 2.46.